The summed E-state index contributed by atoms with van der Waals surface area (Å²) >= 11 is 0.194. The average molecular weight is 475 g/mol. The Morgan fingerprint density at radius 2 is 0.966 bits per heavy atom. The van der Waals surface area contributed by atoms with Crippen molar-refractivity contribution in [2.75, 3.05) is 0 Å². The third-order valence-corrected chi connectivity index (χ3v) is 2.95. The summed E-state index contributed by atoms with van der Waals surface area (Å²) in [5.41, 5.74) is 3.22. The van der Waals surface area contributed by atoms with Crippen molar-refractivity contribution in [3.63, 3.8) is 0 Å². The van der Waals surface area contributed by atoms with Crippen molar-refractivity contribution < 1.29 is 22.7 Å². The van der Waals surface area contributed by atoms with E-state index < -0.39 is 0 Å². The fourth-order valence-electron chi connectivity index (χ4n) is 2.07. The standard InChI is InChI=1S/2C11H13NO.2ClH.Fe/c2*1-9(8-10(2)13)12-11-6-4-3-5-7-11;;;/h2*3-8H,1-2H3,(H,12,13);2*1H;/q;;;;+2/p-4. The molecule has 0 fully saturated rings. The topological polar surface area (TPSA) is 62.3 Å². The van der Waals surface area contributed by atoms with Crippen molar-refractivity contribution in [2.24, 2.45) is 0 Å². The molecule has 29 heavy (non-hydrogen) atoms. The number of halogens is 2. The van der Waals surface area contributed by atoms with Crippen LogP contribution in [0.1, 0.15) is 27.7 Å². The summed E-state index contributed by atoms with van der Waals surface area (Å²) in [6, 6.07) is 19.1. The number of benzene rings is 2. The van der Waals surface area contributed by atoms with E-state index in [1.54, 1.807) is 0 Å². The van der Waals surface area contributed by atoms with Gasteiger partial charge in [0, 0.05) is 0 Å². The Kier molecular flexibility index (Phi) is 15.7. The van der Waals surface area contributed by atoms with Gasteiger partial charge in [-0.25, -0.2) is 0 Å². The van der Waals surface area contributed by atoms with E-state index in [4.69, 9.17) is 20.2 Å². The predicted octanol–water partition coefficient (Wildman–Crippen LogP) is 7.75. The van der Waals surface area contributed by atoms with Crippen LogP contribution in [0.4, 0.5) is 11.4 Å². The van der Waals surface area contributed by atoms with E-state index >= 15 is 0 Å². The molecule has 0 aromatic heterocycles. The van der Waals surface area contributed by atoms with Crippen LogP contribution in [-0.2, 0) is 22.7 Å². The molecule has 158 valence electrons. The normalized spacial score (nSPS) is 10.7. The molecular weight excluding hydrogens is 451 g/mol. The first-order valence-electron chi connectivity index (χ1n) is 8.55. The number of para-hydroxylation sites is 2. The van der Waals surface area contributed by atoms with Gasteiger partial charge in [0.25, 0.3) is 0 Å². The molecule has 7 heteroatoms. The fourth-order valence-corrected chi connectivity index (χ4v) is 2.07. The van der Waals surface area contributed by atoms with E-state index in [0.717, 1.165) is 22.8 Å². The average Bonchev–Trinajstić information content (AvgIpc) is 2.63. The second kappa shape index (κ2) is 16.9. The molecule has 4 nitrogen and oxygen atoms in total. The second-order valence-electron chi connectivity index (χ2n) is 5.74. The molecule has 2 rings (SSSR count). The third kappa shape index (κ3) is 16.6. The fraction of sp³-hybridized carbons (Fsp3) is 0.182. The molecule has 0 unspecified atom stereocenters. The molecule has 0 atom stereocenters. The Morgan fingerprint density at radius 3 is 1.21 bits per heavy atom. The van der Waals surface area contributed by atoms with Crippen LogP contribution in [0.2, 0.25) is 0 Å². The number of rotatable bonds is 6. The van der Waals surface area contributed by atoms with E-state index in [1.165, 1.54) is 26.0 Å². The van der Waals surface area contributed by atoms with Crippen LogP contribution in [0.5, 0.6) is 0 Å². The molecule has 0 N–H and O–H groups in total. The van der Waals surface area contributed by atoms with Crippen LogP contribution in [0.3, 0.4) is 0 Å². The van der Waals surface area contributed by atoms with Gasteiger partial charge in [-0.15, -0.1) is 11.4 Å². The molecule has 0 saturated heterocycles. The van der Waals surface area contributed by atoms with Gasteiger partial charge in [0.2, 0.25) is 0 Å². The zero-order chi connectivity index (χ0) is 22.1. The van der Waals surface area contributed by atoms with Gasteiger partial charge in [-0.2, -0.15) is 11.4 Å². The predicted molar refractivity (Wildman–Crippen MR) is 120 cm³/mol. The Bertz CT molecular complexity index is 727. The summed E-state index contributed by atoms with van der Waals surface area (Å²) in [4.78, 5) is 21.4. The van der Waals surface area contributed by atoms with Gasteiger partial charge in [0.15, 0.2) is 11.6 Å². The van der Waals surface area contributed by atoms with Crippen LogP contribution < -0.4 is 0 Å². The minimum absolute atomic E-state index is 0.0252. The maximum absolute atomic E-state index is 10.7. The van der Waals surface area contributed by atoms with Crippen molar-refractivity contribution in [3.8, 4) is 0 Å². The first-order chi connectivity index (χ1) is 13.8. The van der Waals surface area contributed by atoms with Gasteiger partial charge in [-0.1, -0.05) is 74.5 Å². The number of hydrogen-bond donors (Lipinski definition) is 0. The Hall–Kier alpha value is -2.04. The summed E-state index contributed by atoms with van der Waals surface area (Å²) in [7, 11) is 9.53. The number of carbonyl (C=O) groups is 2. The SMILES string of the molecule is CC(=O)C=C(C)[N-]c1ccccc1.CC(=O)C=C(C)[N-]c1ccccc1.[Cl][Fe][Cl]. The van der Waals surface area contributed by atoms with Crippen molar-refractivity contribution in [2.45, 2.75) is 27.7 Å². The molecule has 0 saturated carbocycles. The molecule has 2 aromatic rings. The molecule has 0 heterocycles. The molecule has 0 amide bonds. The summed E-state index contributed by atoms with van der Waals surface area (Å²) in [5.74, 6) is 0.0503. The van der Waals surface area contributed by atoms with E-state index in [1.807, 2.05) is 74.5 Å². The molecule has 0 aliphatic rings. The van der Waals surface area contributed by atoms with Crippen molar-refractivity contribution in [1.82, 2.24) is 0 Å². The molecule has 2 aromatic carbocycles. The van der Waals surface area contributed by atoms with Gasteiger partial charge in [0.05, 0.1) is 0 Å². The van der Waals surface area contributed by atoms with Crippen molar-refractivity contribution in [3.05, 3.63) is 94.8 Å². The first-order valence-corrected chi connectivity index (χ1v) is 11.6. The van der Waals surface area contributed by atoms with Crippen LogP contribution in [0.15, 0.2) is 84.2 Å². The van der Waals surface area contributed by atoms with E-state index in [9.17, 15) is 9.59 Å². The van der Waals surface area contributed by atoms with Crippen LogP contribution >= 0.6 is 20.2 Å². The number of ketones is 2. The zero-order valence-electron chi connectivity index (χ0n) is 16.7. The second-order valence-corrected chi connectivity index (χ2v) is 7.56. The number of allylic oxidation sites excluding steroid dienone is 4. The van der Waals surface area contributed by atoms with Crippen LogP contribution in [-0.4, -0.2) is 11.6 Å². The van der Waals surface area contributed by atoms with Gasteiger partial charge >= 0.3 is 33.3 Å². The van der Waals surface area contributed by atoms with Gasteiger partial charge < -0.3 is 10.6 Å². The number of hydrogen-bond acceptors (Lipinski definition) is 2. The number of nitrogens with zero attached hydrogens (tertiary/aromatic N) is 2. The Labute approximate surface area is 188 Å². The summed E-state index contributed by atoms with van der Waals surface area (Å²) in [6.45, 7) is 6.66. The molecule has 0 spiro atoms. The van der Waals surface area contributed by atoms with Gasteiger partial charge in [0.1, 0.15) is 0 Å². The molecule has 0 aliphatic heterocycles. The van der Waals surface area contributed by atoms with Crippen molar-refractivity contribution in [1.29, 1.82) is 0 Å². The zero-order valence-corrected chi connectivity index (χ0v) is 19.4. The van der Waals surface area contributed by atoms with Crippen molar-refractivity contribution >= 4 is 43.1 Å². The monoisotopic (exact) mass is 474 g/mol. The summed E-state index contributed by atoms with van der Waals surface area (Å²) in [5, 5.41) is 8.48. The summed E-state index contributed by atoms with van der Waals surface area (Å²) < 4.78 is 0. The van der Waals surface area contributed by atoms with Crippen LogP contribution in [0, 0.1) is 0 Å². The maximum atomic E-state index is 10.7. The van der Waals surface area contributed by atoms with Crippen LogP contribution in [0.25, 0.3) is 10.6 Å². The van der Waals surface area contributed by atoms with Gasteiger partial charge in [-0.05, 0) is 26.0 Å². The Morgan fingerprint density at radius 1 is 0.690 bits per heavy atom. The van der Waals surface area contributed by atoms with E-state index in [-0.39, 0.29) is 24.7 Å². The molecule has 0 bridgehead atoms. The van der Waals surface area contributed by atoms with E-state index in [2.05, 4.69) is 10.6 Å². The first kappa shape index (κ1) is 27.0. The minimum atomic E-state index is 0.0252. The molecule has 0 radical (unpaired) electrons. The quantitative estimate of drug-likeness (QED) is 0.317. The number of carbonyl (C=O) groups excluding carboxylic acids is 2. The van der Waals surface area contributed by atoms with Gasteiger partial charge in [-0.3, -0.25) is 9.59 Å². The summed E-state index contributed by atoms with van der Waals surface area (Å²) in [6.07, 6.45) is 3.04. The molecular formula is C22H24Cl2FeN2O2-2. The third-order valence-electron chi connectivity index (χ3n) is 2.95. The Balaban J connectivity index is 0.000000477. The van der Waals surface area contributed by atoms with E-state index in [0.29, 0.717) is 0 Å². The molecule has 0 aliphatic carbocycles.